The van der Waals surface area contributed by atoms with Crippen molar-refractivity contribution in [3.63, 3.8) is 0 Å². The molecule has 6 heteroatoms. The predicted octanol–water partition coefficient (Wildman–Crippen LogP) is 2.10. The van der Waals surface area contributed by atoms with Crippen molar-refractivity contribution in [2.24, 2.45) is 10.9 Å². The van der Waals surface area contributed by atoms with Crippen molar-refractivity contribution in [3.8, 4) is 0 Å². The molecule has 0 saturated heterocycles. The van der Waals surface area contributed by atoms with Gasteiger partial charge < -0.3 is 15.2 Å². The quantitative estimate of drug-likeness (QED) is 0.624. The molecule has 1 aromatic rings. The summed E-state index contributed by atoms with van der Waals surface area (Å²) in [5.41, 5.74) is 0. The van der Waals surface area contributed by atoms with Gasteiger partial charge in [-0.1, -0.05) is 13.8 Å². The molecule has 2 heterocycles. The van der Waals surface area contributed by atoms with Crippen molar-refractivity contribution < 1.29 is 0 Å². The minimum atomic E-state index is 0.418. The van der Waals surface area contributed by atoms with Crippen LogP contribution in [-0.2, 0) is 19.5 Å². The van der Waals surface area contributed by atoms with E-state index in [9.17, 15) is 0 Å². The van der Waals surface area contributed by atoms with Crippen molar-refractivity contribution in [2.75, 3.05) is 7.05 Å². The third-order valence-electron chi connectivity index (χ3n) is 4.13. The first kappa shape index (κ1) is 16.8. The molecule has 2 rings (SSSR count). The molecular formula is C16H30N6. The van der Waals surface area contributed by atoms with Crippen LogP contribution in [-0.4, -0.2) is 33.8 Å². The lowest BCUT2D eigenvalue weighted by Gasteiger charge is -2.19. The average molecular weight is 306 g/mol. The van der Waals surface area contributed by atoms with Gasteiger partial charge in [0.05, 0.1) is 6.54 Å². The molecule has 0 spiro atoms. The van der Waals surface area contributed by atoms with Crippen molar-refractivity contribution in [2.45, 2.75) is 72.0 Å². The van der Waals surface area contributed by atoms with Gasteiger partial charge in [0.1, 0.15) is 5.82 Å². The molecule has 0 aromatic carbocycles. The Morgan fingerprint density at radius 2 is 2.05 bits per heavy atom. The molecule has 22 heavy (non-hydrogen) atoms. The number of rotatable bonds is 6. The second-order valence-corrected chi connectivity index (χ2v) is 6.58. The summed E-state index contributed by atoms with van der Waals surface area (Å²) in [6, 6.07) is 0.418. The Bertz CT molecular complexity index is 491. The van der Waals surface area contributed by atoms with E-state index in [1.165, 1.54) is 19.3 Å². The van der Waals surface area contributed by atoms with E-state index < -0.39 is 0 Å². The van der Waals surface area contributed by atoms with Crippen LogP contribution in [0.1, 0.15) is 58.1 Å². The fourth-order valence-electron chi connectivity index (χ4n) is 2.75. The normalized spacial score (nSPS) is 16.5. The van der Waals surface area contributed by atoms with Gasteiger partial charge in [-0.25, -0.2) is 0 Å². The van der Waals surface area contributed by atoms with Gasteiger partial charge in [-0.15, -0.1) is 10.2 Å². The minimum absolute atomic E-state index is 0.418. The fourth-order valence-corrected chi connectivity index (χ4v) is 2.75. The van der Waals surface area contributed by atoms with E-state index in [0.717, 1.165) is 42.9 Å². The van der Waals surface area contributed by atoms with Crippen LogP contribution in [0, 0.1) is 5.92 Å². The van der Waals surface area contributed by atoms with E-state index >= 15 is 0 Å². The Morgan fingerprint density at radius 3 is 2.77 bits per heavy atom. The number of aromatic nitrogens is 3. The van der Waals surface area contributed by atoms with Crippen molar-refractivity contribution >= 4 is 5.96 Å². The average Bonchev–Trinajstić information content (AvgIpc) is 2.92. The van der Waals surface area contributed by atoms with Crippen molar-refractivity contribution in [1.82, 2.24) is 25.4 Å². The summed E-state index contributed by atoms with van der Waals surface area (Å²) in [5.74, 6) is 3.70. The standard InChI is InChI=1S/C16H30N6/c1-12(2)8-9-13(3)19-16(17-4)18-11-15-21-20-14-7-5-6-10-22(14)15/h12-13H,5-11H2,1-4H3,(H2,17,18,19). The predicted molar refractivity (Wildman–Crippen MR) is 89.8 cm³/mol. The Hall–Kier alpha value is -1.59. The van der Waals surface area contributed by atoms with Gasteiger partial charge in [-0.05, 0) is 38.5 Å². The van der Waals surface area contributed by atoms with E-state index in [0.29, 0.717) is 12.6 Å². The molecule has 1 aliphatic rings. The van der Waals surface area contributed by atoms with Gasteiger partial charge in [0, 0.05) is 26.1 Å². The lowest BCUT2D eigenvalue weighted by Crippen LogP contribution is -2.42. The highest BCUT2D eigenvalue weighted by Crippen LogP contribution is 2.14. The van der Waals surface area contributed by atoms with Crippen LogP contribution in [0.2, 0.25) is 0 Å². The number of aliphatic imine (C=N–C) groups is 1. The molecule has 2 N–H and O–H groups in total. The molecule has 1 aliphatic heterocycles. The second kappa shape index (κ2) is 8.15. The van der Waals surface area contributed by atoms with Crippen LogP contribution in [0.5, 0.6) is 0 Å². The third-order valence-corrected chi connectivity index (χ3v) is 4.13. The van der Waals surface area contributed by atoms with Crippen molar-refractivity contribution in [1.29, 1.82) is 0 Å². The molecule has 6 nitrogen and oxygen atoms in total. The SMILES string of the molecule is CN=C(NCc1nnc2n1CCCC2)NC(C)CCC(C)C. The van der Waals surface area contributed by atoms with Crippen LogP contribution < -0.4 is 10.6 Å². The van der Waals surface area contributed by atoms with Crippen LogP contribution in [0.4, 0.5) is 0 Å². The first-order valence-electron chi connectivity index (χ1n) is 8.48. The first-order chi connectivity index (χ1) is 10.6. The summed E-state index contributed by atoms with van der Waals surface area (Å²) in [4.78, 5) is 4.30. The van der Waals surface area contributed by atoms with Gasteiger partial charge in [0.2, 0.25) is 0 Å². The maximum Gasteiger partial charge on any atom is 0.191 e. The molecule has 0 radical (unpaired) electrons. The summed E-state index contributed by atoms with van der Waals surface area (Å²) < 4.78 is 2.24. The molecule has 0 aliphatic carbocycles. The number of hydrogen-bond donors (Lipinski definition) is 2. The zero-order valence-electron chi connectivity index (χ0n) is 14.4. The Labute approximate surface area is 133 Å². The molecular weight excluding hydrogens is 276 g/mol. The molecule has 1 aromatic heterocycles. The molecule has 0 amide bonds. The lowest BCUT2D eigenvalue weighted by atomic mass is 10.0. The van der Waals surface area contributed by atoms with Gasteiger partial charge >= 0.3 is 0 Å². The number of hydrogen-bond acceptors (Lipinski definition) is 3. The van der Waals surface area contributed by atoms with Gasteiger partial charge in [-0.2, -0.15) is 0 Å². The Morgan fingerprint density at radius 1 is 1.23 bits per heavy atom. The number of nitrogens with one attached hydrogen (secondary N) is 2. The Kier molecular flexibility index (Phi) is 6.21. The van der Waals surface area contributed by atoms with E-state index in [4.69, 9.17) is 0 Å². The molecule has 124 valence electrons. The highest BCUT2D eigenvalue weighted by Gasteiger charge is 2.15. The fraction of sp³-hybridized carbons (Fsp3) is 0.812. The van der Waals surface area contributed by atoms with Crippen LogP contribution in [0.15, 0.2) is 4.99 Å². The van der Waals surface area contributed by atoms with E-state index in [1.807, 2.05) is 7.05 Å². The largest absolute Gasteiger partial charge is 0.354 e. The van der Waals surface area contributed by atoms with Crippen LogP contribution in [0.25, 0.3) is 0 Å². The summed E-state index contributed by atoms with van der Waals surface area (Å²) >= 11 is 0. The number of guanidine groups is 1. The van der Waals surface area contributed by atoms with E-state index in [2.05, 4.69) is 51.2 Å². The zero-order chi connectivity index (χ0) is 15.9. The van der Waals surface area contributed by atoms with Gasteiger partial charge in [0.25, 0.3) is 0 Å². The highest BCUT2D eigenvalue weighted by atomic mass is 15.3. The monoisotopic (exact) mass is 306 g/mol. The van der Waals surface area contributed by atoms with Crippen LogP contribution in [0.3, 0.4) is 0 Å². The lowest BCUT2D eigenvalue weighted by molar-refractivity contribution is 0.486. The first-order valence-corrected chi connectivity index (χ1v) is 8.48. The smallest absolute Gasteiger partial charge is 0.191 e. The van der Waals surface area contributed by atoms with Crippen molar-refractivity contribution in [3.05, 3.63) is 11.6 Å². The molecule has 1 atom stereocenters. The molecule has 0 bridgehead atoms. The zero-order valence-corrected chi connectivity index (χ0v) is 14.4. The Balaban J connectivity index is 1.82. The second-order valence-electron chi connectivity index (χ2n) is 6.58. The molecule has 1 unspecified atom stereocenters. The van der Waals surface area contributed by atoms with E-state index in [-0.39, 0.29) is 0 Å². The maximum atomic E-state index is 4.31. The summed E-state index contributed by atoms with van der Waals surface area (Å²) in [5, 5.41) is 15.4. The van der Waals surface area contributed by atoms with Crippen LogP contribution >= 0.6 is 0 Å². The van der Waals surface area contributed by atoms with Gasteiger partial charge in [-0.3, -0.25) is 4.99 Å². The van der Waals surface area contributed by atoms with E-state index in [1.54, 1.807) is 0 Å². The summed E-state index contributed by atoms with van der Waals surface area (Å²) in [6.07, 6.45) is 5.87. The third kappa shape index (κ3) is 4.71. The summed E-state index contributed by atoms with van der Waals surface area (Å²) in [6.45, 7) is 8.43. The molecule has 0 fully saturated rings. The number of fused-ring (bicyclic) bond motifs is 1. The number of nitrogens with zero attached hydrogens (tertiary/aromatic N) is 4. The number of aryl methyl sites for hydroxylation is 1. The highest BCUT2D eigenvalue weighted by molar-refractivity contribution is 5.79. The van der Waals surface area contributed by atoms with Gasteiger partial charge in [0.15, 0.2) is 11.8 Å². The maximum absolute atomic E-state index is 4.31. The summed E-state index contributed by atoms with van der Waals surface area (Å²) in [7, 11) is 1.81. The molecule has 0 saturated carbocycles. The topological polar surface area (TPSA) is 67.1 Å². The minimum Gasteiger partial charge on any atom is -0.354 e.